The molecular weight excluding hydrogens is 190 g/mol. The molecule has 0 saturated heterocycles. The van der Waals surface area contributed by atoms with E-state index in [1.807, 2.05) is 13.8 Å². The molecular formula is C12H25NO2. The minimum Gasteiger partial charge on any atom is -0.463 e. The predicted molar refractivity (Wildman–Crippen MR) is 62.8 cm³/mol. The molecule has 3 nitrogen and oxygen atoms in total. The maximum Gasteiger partial charge on any atom is 0.305 e. The van der Waals surface area contributed by atoms with Gasteiger partial charge >= 0.3 is 5.97 Å². The molecule has 0 spiro atoms. The first-order valence-electron chi connectivity index (χ1n) is 5.98. The monoisotopic (exact) mass is 215 g/mol. The Labute approximate surface area is 93.8 Å². The second-order valence-electron chi connectivity index (χ2n) is 3.96. The third kappa shape index (κ3) is 5.78. The molecule has 2 unspecified atom stereocenters. The Balaban J connectivity index is 3.93. The highest BCUT2D eigenvalue weighted by molar-refractivity contribution is 5.69. The van der Waals surface area contributed by atoms with Gasteiger partial charge in [-0.05, 0) is 33.4 Å². The third-order valence-electron chi connectivity index (χ3n) is 2.73. The van der Waals surface area contributed by atoms with Gasteiger partial charge in [-0.25, -0.2) is 0 Å². The predicted octanol–water partition coefficient (Wildman–Crippen LogP) is 2.45. The number of carbonyl (C=O) groups is 1. The molecule has 0 aliphatic carbocycles. The number of hydrogen-bond acceptors (Lipinski definition) is 3. The first kappa shape index (κ1) is 14.4. The molecule has 0 aromatic heterocycles. The molecule has 0 bridgehead atoms. The van der Waals surface area contributed by atoms with Gasteiger partial charge in [0, 0.05) is 12.5 Å². The van der Waals surface area contributed by atoms with Crippen LogP contribution in [0.4, 0.5) is 0 Å². The first-order chi connectivity index (χ1) is 7.04. The molecule has 3 heteroatoms. The van der Waals surface area contributed by atoms with E-state index in [9.17, 15) is 4.79 Å². The molecule has 0 fully saturated rings. The summed E-state index contributed by atoms with van der Waals surface area (Å²) in [5, 5.41) is 0. The summed E-state index contributed by atoms with van der Waals surface area (Å²) in [7, 11) is 0. The van der Waals surface area contributed by atoms with Crippen molar-refractivity contribution in [2.45, 2.75) is 59.6 Å². The fraction of sp³-hybridized carbons (Fsp3) is 0.917. The first-order valence-corrected chi connectivity index (χ1v) is 5.98. The Morgan fingerprint density at radius 2 is 1.73 bits per heavy atom. The summed E-state index contributed by atoms with van der Waals surface area (Å²) < 4.78 is 5.24. The zero-order valence-corrected chi connectivity index (χ0v) is 10.7. The second kappa shape index (κ2) is 7.69. The largest absolute Gasteiger partial charge is 0.463 e. The average molecular weight is 215 g/mol. The average Bonchev–Trinajstić information content (AvgIpc) is 2.19. The molecule has 0 heterocycles. The molecule has 0 aromatic carbocycles. The van der Waals surface area contributed by atoms with Crippen molar-refractivity contribution in [2.24, 2.45) is 0 Å². The van der Waals surface area contributed by atoms with Crippen LogP contribution < -0.4 is 0 Å². The standard InChI is InChI=1S/C12H25NO2/c1-6-12(14)15-11(5)9-10(4)13(7-2)8-3/h10-11H,6-9H2,1-5H3. The molecule has 0 aliphatic rings. The molecule has 2 atom stereocenters. The van der Waals surface area contributed by atoms with Crippen molar-refractivity contribution in [2.75, 3.05) is 13.1 Å². The van der Waals surface area contributed by atoms with Gasteiger partial charge in [0.05, 0.1) is 0 Å². The maximum absolute atomic E-state index is 11.1. The van der Waals surface area contributed by atoms with Crippen LogP contribution in [0.25, 0.3) is 0 Å². The number of carbonyl (C=O) groups excluding carboxylic acids is 1. The van der Waals surface area contributed by atoms with Gasteiger partial charge in [0.1, 0.15) is 6.10 Å². The Hall–Kier alpha value is -0.570. The normalized spacial score (nSPS) is 15.1. The Morgan fingerprint density at radius 3 is 2.13 bits per heavy atom. The highest BCUT2D eigenvalue weighted by atomic mass is 16.5. The van der Waals surface area contributed by atoms with Crippen molar-refractivity contribution in [3.63, 3.8) is 0 Å². The molecule has 15 heavy (non-hydrogen) atoms. The van der Waals surface area contributed by atoms with Crippen LogP contribution in [0, 0.1) is 0 Å². The minimum absolute atomic E-state index is 0.0213. The van der Waals surface area contributed by atoms with Crippen molar-refractivity contribution in [1.82, 2.24) is 4.90 Å². The fourth-order valence-electron chi connectivity index (χ4n) is 1.83. The van der Waals surface area contributed by atoms with Crippen LogP contribution in [0.1, 0.15) is 47.5 Å². The number of ether oxygens (including phenoxy) is 1. The van der Waals surface area contributed by atoms with Crippen LogP contribution in [0.15, 0.2) is 0 Å². The Morgan fingerprint density at radius 1 is 1.20 bits per heavy atom. The van der Waals surface area contributed by atoms with Gasteiger partial charge in [0.25, 0.3) is 0 Å². The van der Waals surface area contributed by atoms with Crippen molar-refractivity contribution < 1.29 is 9.53 Å². The van der Waals surface area contributed by atoms with E-state index in [0.29, 0.717) is 12.5 Å². The summed E-state index contributed by atoms with van der Waals surface area (Å²) in [6.07, 6.45) is 1.39. The van der Waals surface area contributed by atoms with E-state index in [1.165, 1.54) is 0 Å². The van der Waals surface area contributed by atoms with Crippen LogP contribution in [-0.4, -0.2) is 36.1 Å². The van der Waals surface area contributed by atoms with Gasteiger partial charge in [-0.15, -0.1) is 0 Å². The van der Waals surface area contributed by atoms with Gasteiger partial charge in [-0.3, -0.25) is 4.79 Å². The van der Waals surface area contributed by atoms with Gasteiger partial charge in [-0.1, -0.05) is 20.8 Å². The summed E-state index contributed by atoms with van der Waals surface area (Å²) in [6.45, 7) is 12.4. The van der Waals surface area contributed by atoms with Crippen LogP contribution in [-0.2, 0) is 9.53 Å². The highest BCUT2D eigenvalue weighted by Crippen LogP contribution is 2.09. The van der Waals surface area contributed by atoms with Crippen molar-refractivity contribution >= 4 is 5.97 Å². The molecule has 90 valence electrons. The number of rotatable bonds is 7. The molecule has 0 rings (SSSR count). The molecule has 0 aromatic rings. The lowest BCUT2D eigenvalue weighted by Gasteiger charge is -2.28. The zero-order chi connectivity index (χ0) is 11.8. The molecule has 0 radical (unpaired) electrons. The van der Waals surface area contributed by atoms with E-state index in [4.69, 9.17) is 4.74 Å². The Bertz CT molecular complexity index is 178. The van der Waals surface area contributed by atoms with E-state index >= 15 is 0 Å². The zero-order valence-electron chi connectivity index (χ0n) is 10.7. The SMILES string of the molecule is CCC(=O)OC(C)CC(C)N(CC)CC. The van der Waals surface area contributed by atoms with Crippen molar-refractivity contribution in [1.29, 1.82) is 0 Å². The van der Waals surface area contributed by atoms with Crippen molar-refractivity contribution in [3.8, 4) is 0 Å². The van der Waals surface area contributed by atoms with E-state index in [-0.39, 0.29) is 12.1 Å². The second-order valence-corrected chi connectivity index (χ2v) is 3.96. The van der Waals surface area contributed by atoms with Crippen LogP contribution >= 0.6 is 0 Å². The summed E-state index contributed by atoms with van der Waals surface area (Å²) in [5.74, 6) is -0.103. The summed E-state index contributed by atoms with van der Waals surface area (Å²) in [5.41, 5.74) is 0. The van der Waals surface area contributed by atoms with Gasteiger partial charge < -0.3 is 9.64 Å². The topological polar surface area (TPSA) is 29.5 Å². The summed E-state index contributed by atoms with van der Waals surface area (Å²) >= 11 is 0. The summed E-state index contributed by atoms with van der Waals surface area (Å²) in [4.78, 5) is 13.4. The third-order valence-corrected chi connectivity index (χ3v) is 2.73. The van der Waals surface area contributed by atoms with Crippen LogP contribution in [0.3, 0.4) is 0 Å². The molecule has 0 amide bonds. The molecule has 0 aliphatic heterocycles. The van der Waals surface area contributed by atoms with E-state index < -0.39 is 0 Å². The summed E-state index contributed by atoms with van der Waals surface area (Å²) in [6, 6.07) is 0.472. The van der Waals surface area contributed by atoms with Crippen LogP contribution in [0.2, 0.25) is 0 Å². The van der Waals surface area contributed by atoms with E-state index in [1.54, 1.807) is 0 Å². The number of nitrogens with zero attached hydrogens (tertiary/aromatic N) is 1. The fourth-order valence-corrected chi connectivity index (χ4v) is 1.83. The minimum atomic E-state index is -0.103. The highest BCUT2D eigenvalue weighted by Gasteiger charge is 2.15. The smallest absolute Gasteiger partial charge is 0.305 e. The van der Waals surface area contributed by atoms with Gasteiger partial charge in [0.15, 0.2) is 0 Å². The van der Waals surface area contributed by atoms with E-state index in [2.05, 4.69) is 25.7 Å². The Kier molecular flexibility index (Phi) is 7.39. The molecule has 0 N–H and O–H groups in total. The molecule has 0 saturated carbocycles. The number of esters is 1. The quantitative estimate of drug-likeness (QED) is 0.611. The van der Waals surface area contributed by atoms with Gasteiger partial charge in [0.2, 0.25) is 0 Å². The van der Waals surface area contributed by atoms with Crippen LogP contribution in [0.5, 0.6) is 0 Å². The maximum atomic E-state index is 11.1. The van der Waals surface area contributed by atoms with Crippen molar-refractivity contribution in [3.05, 3.63) is 0 Å². The lowest BCUT2D eigenvalue weighted by atomic mass is 10.1. The number of hydrogen-bond donors (Lipinski definition) is 0. The lowest BCUT2D eigenvalue weighted by Crippen LogP contribution is -2.35. The van der Waals surface area contributed by atoms with Gasteiger partial charge in [-0.2, -0.15) is 0 Å². The lowest BCUT2D eigenvalue weighted by molar-refractivity contribution is -0.148. The van der Waals surface area contributed by atoms with E-state index in [0.717, 1.165) is 19.5 Å².